The Bertz CT molecular complexity index is 664. The number of amides is 1. The van der Waals surface area contributed by atoms with Gasteiger partial charge >= 0.3 is 0 Å². The fourth-order valence-electron chi connectivity index (χ4n) is 1.83. The fourth-order valence-corrected chi connectivity index (χ4v) is 2.35. The van der Waals surface area contributed by atoms with E-state index in [-0.39, 0.29) is 21.8 Å². The smallest absolute Gasteiger partial charge is 0.257 e. The quantitative estimate of drug-likeness (QED) is 0.839. The van der Waals surface area contributed by atoms with Crippen LogP contribution in [0.1, 0.15) is 22.8 Å². The van der Waals surface area contributed by atoms with Crippen molar-refractivity contribution in [2.75, 3.05) is 6.54 Å². The van der Waals surface area contributed by atoms with E-state index in [1.807, 2.05) is 25.1 Å². The normalized spacial score (nSPS) is 10.5. The van der Waals surface area contributed by atoms with E-state index in [0.717, 1.165) is 5.56 Å². The summed E-state index contributed by atoms with van der Waals surface area (Å²) in [7, 11) is 0. The third-order valence-corrected chi connectivity index (χ3v) is 3.77. The highest BCUT2D eigenvalue weighted by atomic mass is 35.5. The molecule has 1 amide bonds. The van der Waals surface area contributed by atoms with Crippen LogP contribution >= 0.6 is 34.8 Å². The van der Waals surface area contributed by atoms with Gasteiger partial charge < -0.3 is 4.90 Å². The van der Waals surface area contributed by atoms with Crippen molar-refractivity contribution in [3.05, 3.63) is 56.8 Å². The van der Waals surface area contributed by atoms with Crippen molar-refractivity contribution >= 4 is 40.7 Å². The SMILES string of the molecule is CCN(Cc1ccccc1Cl)C(=O)c1cc(Cl)nnc1Cl. The summed E-state index contributed by atoms with van der Waals surface area (Å²) in [6.07, 6.45) is 0. The Labute approximate surface area is 137 Å². The first-order valence-corrected chi connectivity index (χ1v) is 7.37. The van der Waals surface area contributed by atoms with Gasteiger partial charge in [-0.1, -0.05) is 53.0 Å². The molecule has 0 radical (unpaired) electrons. The molecule has 0 bridgehead atoms. The molecule has 1 aromatic carbocycles. The lowest BCUT2D eigenvalue weighted by Gasteiger charge is -2.21. The van der Waals surface area contributed by atoms with Gasteiger partial charge in [0.25, 0.3) is 5.91 Å². The molecule has 2 aromatic rings. The minimum absolute atomic E-state index is 0.0296. The van der Waals surface area contributed by atoms with Crippen LogP contribution in [0.4, 0.5) is 0 Å². The molecule has 2 rings (SSSR count). The number of carbonyl (C=O) groups is 1. The van der Waals surface area contributed by atoms with Crippen LogP contribution in [0.2, 0.25) is 15.3 Å². The van der Waals surface area contributed by atoms with E-state index in [9.17, 15) is 4.79 Å². The molecule has 110 valence electrons. The van der Waals surface area contributed by atoms with E-state index in [1.165, 1.54) is 6.07 Å². The molecule has 0 spiro atoms. The van der Waals surface area contributed by atoms with Gasteiger partial charge in [0.1, 0.15) is 0 Å². The zero-order valence-electron chi connectivity index (χ0n) is 11.2. The second-order valence-electron chi connectivity index (χ2n) is 4.28. The number of halogens is 3. The minimum atomic E-state index is -0.265. The Balaban J connectivity index is 2.27. The van der Waals surface area contributed by atoms with Crippen LogP contribution in [0.15, 0.2) is 30.3 Å². The van der Waals surface area contributed by atoms with Crippen molar-refractivity contribution in [2.45, 2.75) is 13.5 Å². The molecule has 0 saturated carbocycles. The third-order valence-electron chi connectivity index (χ3n) is 2.94. The van der Waals surface area contributed by atoms with Crippen LogP contribution < -0.4 is 0 Å². The number of hydrogen-bond donors (Lipinski definition) is 0. The second-order valence-corrected chi connectivity index (χ2v) is 5.43. The number of aromatic nitrogens is 2. The molecule has 21 heavy (non-hydrogen) atoms. The van der Waals surface area contributed by atoms with Gasteiger partial charge in [0.2, 0.25) is 0 Å². The van der Waals surface area contributed by atoms with E-state index < -0.39 is 0 Å². The first-order chi connectivity index (χ1) is 10.0. The number of benzene rings is 1. The molecular weight excluding hydrogens is 333 g/mol. The predicted octanol–water partition coefficient (Wildman–Crippen LogP) is 4.10. The molecule has 0 aliphatic heterocycles. The van der Waals surface area contributed by atoms with Crippen molar-refractivity contribution in [1.29, 1.82) is 0 Å². The topological polar surface area (TPSA) is 46.1 Å². The first-order valence-electron chi connectivity index (χ1n) is 6.24. The number of carbonyl (C=O) groups excluding carboxylic acids is 1. The molecular formula is C14H12Cl3N3O. The van der Waals surface area contributed by atoms with Crippen LogP contribution in [-0.4, -0.2) is 27.5 Å². The van der Waals surface area contributed by atoms with Gasteiger partial charge in [0.05, 0.1) is 5.56 Å². The molecule has 0 unspecified atom stereocenters. The van der Waals surface area contributed by atoms with Crippen molar-refractivity contribution in [2.24, 2.45) is 0 Å². The molecule has 0 N–H and O–H groups in total. The highest BCUT2D eigenvalue weighted by Gasteiger charge is 2.20. The second kappa shape index (κ2) is 7.07. The average Bonchev–Trinajstić information content (AvgIpc) is 2.48. The first kappa shape index (κ1) is 16.0. The van der Waals surface area contributed by atoms with E-state index in [2.05, 4.69) is 10.2 Å². The number of rotatable bonds is 4. The summed E-state index contributed by atoms with van der Waals surface area (Å²) in [5.74, 6) is -0.265. The monoisotopic (exact) mass is 343 g/mol. The molecule has 1 heterocycles. The maximum atomic E-state index is 12.5. The molecule has 0 aliphatic carbocycles. The zero-order chi connectivity index (χ0) is 15.4. The van der Waals surface area contributed by atoms with Gasteiger partial charge in [0.15, 0.2) is 10.3 Å². The number of nitrogens with zero attached hydrogens (tertiary/aromatic N) is 3. The summed E-state index contributed by atoms with van der Waals surface area (Å²) in [6, 6.07) is 8.78. The summed E-state index contributed by atoms with van der Waals surface area (Å²) in [4.78, 5) is 14.1. The largest absolute Gasteiger partial charge is 0.334 e. The molecule has 0 saturated heterocycles. The Morgan fingerprint density at radius 1 is 1.19 bits per heavy atom. The lowest BCUT2D eigenvalue weighted by Crippen LogP contribution is -2.30. The summed E-state index contributed by atoms with van der Waals surface area (Å²) >= 11 is 17.8. The minimum Gasteiger partial charge on any atom is -0.334 e. The standard InChI is InChI=1S/C14H12Cl3N3O/c1-2-20(8-9-5-3-4-6-11(9)15)14(21)10-7-12(16)18-19-13(10)17/h3-7H,2,8H2,1H3. The molecule has 7 heteroatoms. The summed E-state index contributed by atoms with van der Waals surface area (Å²) in [5, 5.41) is 8.01. The van der Waals surface area contributed by atoms with Gasteiger partial charge in [-0.25, -0.2) is 0 Å². The van der Waals surface area contributed by atoms with Crippen molar-refractivity contribution < 1.29 is 4.79 Å². The average molecular weight is 345 g/mol. The van der Waals surface area contributed by atoms with E-state index in [1.54, 1.807) is 11.0 Å². The van der Waals surface area contributed by atoms with Crippen molar-refractivity contribution in [3.63, 3.8) is 0 Å². The predicted molar refractivity (Wildman–Crippen MR) is 83.9 cm³/mol. The van der Waals surface area contributed by atoms with E-state index >= 15 is 0 Å². The van der Waals surface area contributed by atoms with Crippen molar-refractivity contribution in [3.8, 4) is 0 Å². The van der Waals surface area contributed by atoms with Crippen LogP contribution in [0.25, 0.3) is 0 Å². The van der Waals surface area contributed by atoms with Gasteiger partial charge in [-0.15, -0.1) is 10.2 Å². The third kappa shape index (κ3) is 3.84. The van der Waals surface area contributed by atoms with Crippen molar-refractivity contribution in [1.82, 2.24) is 15.1 Å². The summed E-state index contributed by atoms with van der Waals surface area (Å²) < 4.78 is 0. The maximum absolute atomic E-state index is 12.5. The lowest BCUT2D eigenvalue weighted by atomic mass is 10.2. The van der Waals surface area contributed by atoms with Crippen LogP contribution in [0.3, 0.4) is 0 Å². The molecule has 0 aliphatic rings. The Kier molecular flexibility index (Phi) is 5.39. The highest BCUT2D eigenvalue weighted by molar-refractivity contribution is 6.34. The van der Waals surface area contributed by atoms with Gasteiger partial charge in [-0.2, -0.15) is 0 Å². The van der Waals surface area contributed by atoms with E-state index in [4.69, 9.17) is 34.8 Å². The van der Waals surface area contributed by atoms with Crippen LogP contribution in [0, 0.1) is 0 Å². The molecule has 0 atom stereocenters. The van der Waals surface area contributed by atoms with E-state index in [0.29, 0.717) is 18.1 Å². The Morgan fingerprint density at radius 3 is 2.57 bits per heavy atom. The van der Waals surface area contributed by atoms with Crippen LogP contribution in [0.5, 0.6) is 0 Å². The number of hydrogen-bond acceptors (Lipinski definition) is 3. The lowest BCUT2D eigenvalue weighted by molar-refractivity contribution is 0.0752. The maximum Gasteiger partial charge on any atom is 0.257 e. The highest BCUT2D eigenvalue weighted by Crippen LogP contribution is 2.21. The molecule has 1 aromatic heterocycles. The van der Waals surface area contributed by atoms with Crippen LogP contribution in [-0.2, 0) is 6.54 Å². The summed E-state index contributed by atoms with van der Waals surface area (Å²) in [5.41, 5.74) is 1.09. The Hall–Kier alpha value is -1.36. The summed E-state index contributed by atoms with van der Waals surface area (Å²) in [6.45, 7) is 2.75. The zero-order valence-corrected chi connectivity index (χ0v) is 13.5. The van der Waals surface area contributed by atoms with Gasteiger partial charge in [-0.05, 0) is 24.6 Å². The fraction of sp³-hybridized carbons (Fsp3) is 0.214. The Morgan fingerprint density at radius 2 is 1.90 bits per heavy atom. The molecule has 0 fully saturated rings. The van der Waals surface area contributed by atoms with Gasteiger partial charge in [-0.3, -0.25) is 4.79 Å². The molecule has 4 nitrogen and oxygen atoms in total. The van der Waals surface area contributed by atoms with Gasteiger partial charge in [0, 0.05) is 18.1 Å².